The minimum absolute atomic E-state index is 0.826. The van der Waals surface area contributed by atoms with Crippen LogP contribution in [-0.2, 0) is 6.42 Å². The van der Waals surface area contributed by atoms with E-state index in [9.17, 15) is 0 Å². The Labute approximate surface area is 72.8 Å². The van der Waals surface area contributed by atoms with Crippen molar-refractivity contribution in [3.05, 3.63) is 29.8 Å². The third-order valence-electron chi connectivity index (χ3n) is 2.34. The van der Waals surface area contributed by atoms with Gasteiger partial charge in [-0.2, -0.15) is 0 Å². The number of hydrogen-bond acceptors (Lipinski definition) is 2. The molecule has 0 unspecified atom stereocenters. The van der Waals surface area contributed by atoms with E-state index in [0.717, 1.165) is 31.1 Å². The highest BCUT2D eigenvalue weighted by molar-refractivity contribution is 5.40. The Kier molecular flexibility index (Phi) is 2.00. The van der Waals surface area contributed by atoms with Crippen molar-refractivity contribution in [1.29, 1.82) is 0 Å². The van der Waals surface area contributed by atoms with Crippen LogP contribution < -0.4 is 11.1 Å². The van der Waals surface area contributed by atoms with Crippen molar-refractivity contribution in [2.24, 2.45) is 5.92 Å². The van der Waals surface area contributed by atoms with E-state index in [4.69, 9.17) is 5.73 Å². The van der Waals surface area contributed by atoms with Gasteiger partial charge >= 0.3 is 0 Å². The molecule has 0 aliphatic carbocycles. The molecule has 0 bridgehead atoms. The largest absolute Gasteiger partial charge is 0.399 e. The number of nitrogens with two attached hydrogens (primary N) is 1. The highest BCUT2D eigenvalue weighted by Gasteiger charge is 2.16. The van der Waals surface area contributed by atoms with Gasteiger partial charge in [-0.3, -0.25) is 0 Å². The topological polar surface area (TPSA) is 38.0 Å². The van der Waals surface area contributed by atoms with Gasteiger partial charge in [0.25, 0.3) is 0 Å². The number of benzene rings is 1. The van der Waals surface area contributed by atoms with Gasteiger partial charge in [0, 0.05) is 5.69 Å². The highest BCUT2D eigenvalue weighted by atomic mass is 14.9. The van der Waals surface area contributed by atoms with Gasteiger partial charge in [-0.25, -0.2) is 0 Å². The predicted octanol–water partition coefficient (Wildman–Crippen LogP) is 1.03. The Morgan fingerprint density at radius 1 is 1.42 bits per heavy atom. The molecule has 0 amide bonds. The summed E-state index contributed by atoms with van der Waals surface area (Å²) < 4.78 is 0. The van der Waals surface area contributed by atoms with Crippen molar-refractivity contribution < 1.29 is 0 Å². The van der Waals surface area contributed by atoms with Crippen LogP contribution in [0.5, 0.6) is 0 Å². The number of rotatable bonds is 2. The lowest BCUT2D eigenvalue weighted by atomic mass is 9.94. The molecule has 1 saturated heterocycles. The van der Waals surface area contributed by atoms with Crippen molar-refractivity contribution >= 4 is 5.69 Å². The maximum absolute atomic E-state index is 5.68. The first-order valence-electron chi connectivity index (χ1n) is 4.40. The molecule has 12 heavy (non-hydrogen) atoms. The summed E-state index contributed by atoms with van der Waals surface area (Å²) in [4.78, 5) is 0. The molecule has 0 atom stereocenters. The zero-order valence-corrected chi connectivity index (χ0v) is 7.09. The predicted molar refractivity (Wildman–Crippen MR) is 50.9 cm³/mol. The molecule has 0 radical (unpaired) electrons. The number of anilines is 1. The van der Waals surface area contributed by atoms with E-state index in [-0.39, 0.29) is 0 Å². The molecule has 0 spiro atoms. The Bertz CT molecular complexity index is 266. The lowest BCUT2D eigenvalue weighted by molar-refractivity contribution is 0.346. The second-order valence-corrected chi connectivity index (χ2v) is 3.47. The molecular weight excluding hydrogens is 148 g/mol. The monoisotopic (exact) mass is 162 g/mol. The van der Waals surface area contributed by atoms with E-state index in [2.05, 4.69) is 17.4 Å². The minimum Gasteiger partial charge on any atom is -0.399 e. The van der Waals surface area contributed by atoms with Crippen LogP contribution in [0.25, 0.3) is 0 Å². The second-order valence-electron chi connectivity index (χ2n) is 3.47. The molecule has 1 aromatic carbocycles. The fourth-order valence-corrected chi connectivity index (χ4v) is 1.55. The molecule has 1 fully saturated rings. The molecule has 0 saturated carbocycles. The molecule has 0 aromatic heterocycles. The average Bonchev–Trinajstić information content (AvgIpc) is 1.97. The SMILES string of the molecule is Nc1cccc(CC2CNC2)c1. The molecule has 3 N–H and O–H groups in total. The van der Waals surface area contributed by atoms with E-state index < -0.39 is 0 Å². The standard InChI is InChI=1S/C10H14N2/c11-10-3-1-2-8(5-10)4-9-6-12-7-9/h1-3,5,9,12H,4,6-7,11H2. The lowest BCUT2D eigenvalue weighted by Crippen LogP contribution is -2.43. The van der Waals surface area contributed by atoms with Crippen LogP contribution in [0.2, 0.25) is 0 Å². The normalized spacial score (nSPS) is 17.3. The minimum atomic E-state index is 0.826. The van der Waals surface area contributed by atoms with Crippen LogP contribution in [0.1, 0.15) is 5.56 Å². The third-order valence-corrected chi connectivity index (χ3v) is 2.34. The molecule has 1 heterocycles. The van der Waals surface area contributed by atoms with E-state index >= 15 is 0 Å². The quantitative estimate of drug-likeness (QED) is 0.637. The van der Waals surface area contributed by atoms with Crippen LogP contribution in [0.3, 0.4) is 0 Å². The summed E-state index contributed by atoms with van der Waals surface area (Å²) >= 11 is 0. The van der Waals surface area contributed by atoms with Crippen LogP contribution >= 0.6 is 0 Å². The van der Waals surface area contributed by atoms with E-state index in [1.807, 2.05) is 12.1 Å². The van der Waals surface area contributed by atoms with Crippen molar-refractivity contribution in [2.45, 2.75) is 6.42 Å². The Balaban J connectivity index is 2.02. The van der Waals surface area contributed by atoms with E-state index in [0.29, 0.717) is 0 Å². The zero-order valence-electron chi connectivity index (χ0n) is 7.09. The Morgan fingerprint density at radius 2 is 2.25 bits per heavy atom. The van der Waals surface area contributed by atoms with Gasteiger partial charge < -0.3 is 11.1 Å². The van der Waals surface area contributed by atoms with Gasteiger partial charge in [-0.15, -0.1) is 0 Å². The fourth-order valence-electron chi connectivity index (χ4n) is 1.55. The maximum atomic E-state index is 5.68. The second kappa shape index (κ2) is 3.15. The first-order chi connectivity index (χ1) is 5.84. The summed E-state index contributed by atoms with van der Waals surface area (Å²) in [5, 5.41) is 3.26. The fraction of sp³-hybridized carbons (Fsp3) is 0.400. The first-order valence-corrected chi connectivity index (χ1v) is 4.40. The van der Waals surface area contributed by atoms with Crippen LogP contribution in [-0.4, -0.2) is 13.1 Å². The summed E-state index contributed by atoms with van der Waals surface area (Å²) in [6.07, 6.45) is 1.16. The van der Waals surface area contributed by atoms with Gasteiger partial charge in [0.1, 0.15) is 0 Å². The van der Waals surface area contributed by atoms with Gasteiger partial charge in [-0.1, -0.05) is 12.1 Å². The number of nitrogen functional groups attached to an aromatic ring is 1. The molecule has 1 aliphatic rings. The first kappa shape index (κ1) is 7.62. The summed E-state index contributed by atoms with van der Waals surface area (Å²) in [5.41, 5.74) is 7.92. The van der Waals surface area contributed by atoms with Gasteiger partial charge in [0.2, 0.25) is 0 Å². The summed E-state index contributed by atoms with van der Waals surface area (Å²) in [6, 6.07) is 8.17. The number of nitrogens with one attached hydrogen (secondary N) is 1. The third kappa shape index (κ3) is 1.59. The van der Waals surface area contributed by atoms with Crippen LogP contribution in [0, 0.1) is 5.92 Å². The Hall–Kier alpha value is -1.02. The van der Waals surface area contributed by atoms with Crippen molar-refractivity contribution in [3.63, 3.8) is 0 Å². The summed E-state index contributed by atoms with van der Waals surface area (Å²) in [6.45, 7) is 2.32. The van der Waals surface area contributed by atoms with Crippen molar-refractivity contribution in [1.82, 2.24) is 5.32 Å². The van der Waals surface area contributed by atoms with E-state index in [1.165, 1.54) is 5.56 Å². The van der Waals surface area contributed by atoms with Gasteiger partial charge in [0.15, 0.2) is 0 Å². The zero-order chi connectivity index (χ0) is 8.39. The van der Waals surface area contributed by atoms with Crippen molar-refractivity contribution in [3.8, 4) is 0 Å². The molecule has 64 valence electrons. The maximum Gasteiger partial charge on any atom is 0.0316 e. The van der Waals surface area contributed by atoms with Crippen molar-refractivity contribution in [2.75, 3.05) is 18.8 Å². The summed E-state index contributed by atoms with van der Waals surface area (Å²) in [5.74, 6) is 0.826. The van der Waals surface area contributed by atoms with Gasteiger partial charge in [0.05, 0.1) is 0 Å². The smallest absolute Gasteiger partial charge is 0.0316 e. The molecule has 2 nitrogen and oxygen atoms in total. The molecule has 2 rings (SSSR count). The number of hydrogen-bond donors (Lipinski definition) is 2. The lowest BCUT2D eigenvalue weighted by Gasteiger charge is -2.27. The summed E-state index contributed by atoms with van der Waals surface area (Å²) in [7, 11) is 0. The van der Waals surface area contributed by atoms with Crippen LogP contribution in [0.15, 0.2) is 24.3 Å². The molecular formula is C10H14N2. The Morgan fingerprint density at radius 3 is 2.83 bits per heavy atom. The molecule has 1 aromatic rings. The van der Waals surface area contributed by atoms with Crippen LogP contribution in [0.4, 0.5) is 5.69 Å². The average molecular weight is 162 g/mol. The van der Waals surface area contributed by atoms with Gasteiger partial charge in [-0.05, 0) is 43.1 Å². The molecule has 2 heteroatoms. The molecule has 1 aliphatic heterocycles. The highest BCUT2D eigenvalue weighted by Crippen LogP contribution is 2.14. The van der Waals surface area contributed by atoms with E-state index in [1.54, 1.807) is 0 Å².